The molecule has 2 aromatic heterocycles. The molecule has 0 aliphatic heterocycles. The molecular weight excluding hydrogens is 515 g/mol. The Labute approximate surface area is 229 Å². The molecule has 40 heavy (non-hydrogen) atoms. The van der Waals surface area contributed by atoms with Crippen LogP contribution < -0.4 is 20.3 Å². The molecule has 204 valence electrons. The number of para-hydroxylation sites is 1. The van der Waals surface area contributed by atoms with Crippen LogP contribution in [0.1, 0.15) is 23.0 Å². The number of nitrogens with zero attached hydrogens (tertiary/aromatic N) is 2. The molecule has 0 radical (unpaired) electrons. The van der Waals surface area contributed by atoms with Crippen molar-refractivity contribution in [2.75, 3.05) is 19.5 Å². The van der Waals surface area contributed by atoms with Gasteiger partial charge in [0.1, 0.15) is 17.1 Å². The number of aromatic amines is 1. The van der Waals surface area contributed by atoms with Crippen molar-refractivity contribution in [2.24, 2.45) is 0 Å². The number of carbonyl (C=O) groups is 1. The normalized spacial score (nSPS) is 11.8. The fraction of sp³-hybridized carbons (Fsp3) is 0.167. The van der Waals surface area contributed by atoms with E-state index in [1.165, 1.54) is 16.8 Å². The third-order valence-corrected chi connectivity index (χ3v) is 6.42. The summed E-state index contributed by atoms with van der Waals surface area (Å²) in [6.45, 7) is 1.83. The van der Waals surface area contributed by atoms with Gasteiger partial charge in [-0.25, -0.2) is 9.07 Å². The Balaban J connectivity index is 1.41. The van der Waals surface area contributed by atoms with Gasteiger partial charge in [-0.2, -0.15) is 0 Å². The van der Waals surface area contributed by atoms with Crippen LogP contribution in [0.3, 0.4) is 0 Å². The average molecular weight is 543 g/mol. The highest BCUT2D eigenvalue weighted by Crippen LogP contribution is 2.33. The Bertz CT molecular complexity index is 1730. The number of H-pyrrole nitrogens is 1. The van der Waals surface area contributed by atoms with E-state index in [2.05, 4.69) is 15.4 Å². The molecule has 0 bridgehead atoms. The molecule has 0 saturated heterocycles. The fourth-order valence-electron chi connectivity index (χ4n) is 4.29. The topological polar surface area (TPSA) is 107 Å². The maximum Gasteiger partial charge on any atom is 0.284 e. The lowest BCUT2D eigenvalue weighted by atomic mass is 10.1. The van der Waals surface area contributed by atoms with Gasteiger partial charge in [0.2, 0.25) is 0 Å². The van der Waals surface area contributed by atoms with Crippen LogP contribution in [0.2, 0.25) is 0 Å². The zero-order chi connectivity index (χ0) is 28.2. The number of benzene rings is 3. The van der Waals surface area contributed by atoms with Crippen LogP contribution in [-0.4, -0.2) is 41.0 Å². The minimum Gasteiger partial charge on any atom is -0.497 e. The Morgan fingerprint density at radius 1 is 1.05 bits per heavy atom. The van der Waals surface area contributed by atoms with E-state index in [0.29, 0.717) is 40.2 Å². The van der Waals surface area contributed by atoms with E-state index in [4.69, 9.17) is 14.2 Å². The molecule has 0 aliphatic carbocycles. The number of methoxy groups -OCH3 is 2. The molecule has 5 rings (SSSR count). The Morgan fingerprint density at radius 3 is 2.58 bits per heavy atom. The maximum absolute atomic E-state index is 15.1. The Hall–Kier alpha value is -4.96. The van der Waals surface area contributed by atoms with E-state index >= 15 is 4.39 Å². The number of carbonyl (C=O) groups excluding carboxylic acids is 1. The SMILES string of the molecule is COc1ccc2c(Oc3ccc(NC(=O)c4c(CC(C)OC)[nH]n(-c5ccccc5)c4=O)cc3F)ccnc2c1. The van der Waals surface area contributed by atoms with E-state index in [1.54, 1.807) is 68.9 Å². The van der Waals surface area contributed by atoms with Crippen LogP contribution in [-0.2, 0) is 11.2 Å². The van der Waals surface area contributed by atoms with E-state index in [0.717, 1.165) is 6.07 Å². The van der Waals surface area contributed by atoms with E-state index < -0.39 is 17.3 Å². The number of nitrogens with one attached hydrogen (secondary N) is 2. The number of pyridine rings is 1. The molecule has 2 heterocycles. The molecule has 3 aromatic carbocycles. The van der Waals surface area contributed by atoms with Crippen molar-refractivity contribution in [3.63, 3.8) is 0 Å². The third-order valence-electron chi connectivity index (χ3n) is 6.42. The number of rotatable bonds is 9. The number of amides is 1. The lowest BCUT2D eigenvalue weighted by molar-refractivity contribution is 0.102. The standard InChI is InChI=1S/C30H27FN4O5/c1-18(38-2)15-25-28(30(37)35(34-25)20-7-5-4-6-8-20)29(36)33-19-9-12-27(23(31)16-19)40-26-13-14-32-24-17-21(39-3)10-11-22(24)26/h4-14,16-18,34H,15H2,1-3H3,(H,33,36). The molecule has 2 N–H and O–H groups in total. The van der Waals surface area contributed by atoms with Crippen molar-refractivity contribution in [3.05, 3.63) is 106 Å². The molecule has 5 aromatic rings. The summed E-state index contributed by atoms with van der Waals surface area (Å²) in [5.74, 6) is -0.351. The maximum atomic E-state index is 15.1. The first kappa shape index (κ1) is 26.6. The lowest BCUT2D eigenvalue weighted by Crippen LogP contribution is -2.25. The number of anilines is 1. The van der Waals surface area contributed by atoms with Gasteiger partial charge in [-0.05, 0) is 49.4 Å². The molecule has 1 atom stereocenters. The first-order chi connectivity index (χ1) is 19.4. The van der Waals surface area contributed by atoms with Crippen LogP contribution in [0.15, 0.2) is 83.8 Å². The summed E-state index contributed by atoms with van der Waals surface area (Å²) in [6.07, 6.45) is 1.60. The number of hydrogen-bond donors (Lipinski definition) is 2. The number of hydrogen-bond acceptors (Lipinski definition) is 6. The first-order valence-corrected chi connectivity index (χ1v) is 12.5. The zero-order valence-electron chi connectivity index (χ0n) is 22.1. The first-order valence-electron chi connectivity index (χ1n) is 12.5. The van der Waals surface area contributed by atoms with Crippen molar-refractivity contribution in [3.8, 4) is 22.9 Å². The van der Waals surface area contributed by atoms with Crippen LogP contribution in [0.4, 0.5) is 10.1 Å². The predicted molar refractivity (Wildman–Crippen MR) is 149 cm³/mol. The minimum absolute atomic E-state index is 0.0380. The van der Waals surface area contributed by atoms with Crippen molar-refractivity contribution in [1.82, 2.24) is 14.8 Å². The largest absolute Gasteiger partial charge is 0.497 e. The lowest BCUT2D eigenvalue weighted by Gasteiger charge is -2.12. The van der Waals surface area contributed by atoms with Crippen LogP contribution in [0, 0.1) is 5.82 Å². The molecule has 0 fully saturated rings. The van der Waals surface area contributed by atoms with Gasteiger partial charge in [0.15, 0.2) is 11.6 Å². The van der Waals surface area contributed by atoms with Gasteiger partial charge in [0, 0.05) is 42.9 Å². The second-order valence-electron chi connectivity index (χ2n) is 9.09. The predicted octanol–water partition coefficient (Wildman–Crippen LogP) is 5.48. The van der Waals surface area contributed by atoms with Crippen LogP contribution in [0.5, 0.6) is 17.2 Å². The van der Waals surface area contributed by atoms with Gasteiger partial charge >= 0.3 is 0 Å². The van der Waals surface area contributed by atoms with Gasteiger partial charge in [0.25, 0.3) is 11.5 Å². The molecule has 10 heteroatoms. The highest BCUT2D eigenvalue weighted by Gasteiger charge is 2.24. The number of ether oxygens (including phenoxy) is 3. The van der Waals surface area contributed by atoms with E-state index in [9.17, 15) is 9.59 Å². The highest BCUT2D eigenvalue weighted by atomic mass is 19.1. The fourth-order valence-corrected chi connectivity index (χ4v) is 4.29. The molecule has 1 unspecified atom stereocenters. The van der Waals surface area contributed by atoms with Gasteiger partial charge in [0.05, 0.1) is 30.1 Å². The minimum atomic E-state index is -0.694. The van der Waals surface area contributed by atoms with E-state index in [-0.39, 0.29) is 23.1 Å². The summed E-state index contributed by atoms with van der Waals surface area (Å²) in [4.78, 5) is 30.9. The molecule has 1 amide bonds. The molecular formula is C30H27FN4O5. The molecule has 0 spiro atoms. The van der Waals surface area contributed by atoms with Crippen molar-refractivity contribution < 1.29 is 23.4 Å². The monoisotopic (exact) mass is 542 g/mol. The van der Waals surface area contributed by atoms with Gasteiger partial charge in [-0.1, -0.05) is 18.2 Å². The summed E-state index contributed by atoms with van der Waals surface area (Å²) >= 11 is 0. The summed E-state index contributed by atoms with van der Waals surface area (Å²) in [7, 11) is 3.11. The second kappa shape index (κ2) is 11.4. The summed E-state index contributed by atoms with van der Waals surface area (Å²) in [5.41, 5.74) is 1.18. The number of aromatic nitrogens is 3. The molecule has 0 aliphatic rings. The molecule has 0 saturated carbocycles. The quantitative estimate of drug-likeness (QED) is 0.255. The summed E-state index contributed by atoms with van der Waals surface area (Å²) in [6, 6.07) is 19.9. The van der Waals surface area contributed by atoms with Gasteiger partial charge in [-0.15, -0.1) is 0 Å². The Morgan fingerprint density at radius 2 is 1.85 bits per heavy atom. The second-order valence-corrected chi connectivity index (χ2v) is 9.09. The molecule has 9 nitrogen and oxygen atoms in total. The van der Waals surface area contributed by atoms with Gasteiger partial charge < -0.3 is 19.5 Å². The smallest absolute Gasteiger partial charge is 0.284 e. The van der Waals surface area contributed by atoms with Crippen LogP contribution >= 0.6 is 0 Å². The average Bonchev–Trinajstić information content (AvgIpc) is 3.29. The summed E-state index contributed by atoms with van der Waals surface area (Å²) in [5, 5.41) is 6.34. The number of halogens is 1. The zero-order valence-corrected chi connectivity index (χ0v) is 22.1. The highest BCUT2D eigenvalue weighted by molar-refractivity contribution is 6.05. The third kappa shape index (κ3) is 5.43. The Kier molecular flexibility index (Phi) is 7.61. The number of fused-ring (bicyclic) bond motifs is 1. The van der Waals surface area contributed by atoms with Gasteiger partial charge in [-0.3, -0.25) is 19.7 Å². The van der Waals surface area contributed by atoms with Crippen molar-refractivity contribution in [1.29, 1.82) is 0 Å². The van der Waals surface area contributed by atoms with E-state index in [1.807, 2.05) is 13.0 Å². The van der Waals surface area contributed by atoms with Crippen molar-refractivity contribution >= 4 is 22.5 Å². The van der Waals surface area contributed by atoms with Crippen LogP contribution in [0.25, 0.3) is 16.6 Å². The van der Waals surface area contributed by atoms with Crippen molar-refractivity contribution in [2.45, 2.75) is 19.4 Å². The summed E-state index contributed by atoms with van der Waals surface area (Å²) < 4.78 is 32.8.